The van der Waals surface area contributed by atoms with Crippen molar-refractivity contribution in [3.05, 3.63) is 41.4 Å². The summed E-state index contributed by atoms with van der Waals surface area (Å²) in [6.07, 6.45) is 2.76. The number of aromatic hydroxyl groups is 1. The van der Waals surface area contributed by atoms with E-state index in [2.05, 4.69) is 17.2 Å². The molecule has 2 rings (SSSR count). The van der Waals surface area contributed by atoms with Crippen molar-refractivity contribution in [2.45, 2.75) is 19.4 Å². The van der Waals surface area contributed by atoms with Gasteiger partial charge in [-0.25, -0.2) is 4.98 Å². The van der Waals surface area contributed by atoms with Crippen molar-refractivity contribution in [2.75, 3.05) is 5.32 Å². The number of rotatable bonds is 4. The highest BCUT2D eigenvalue weighted by Crippen LogP contribution is 2.24. The first-order valence-electron chi connectivity index (χ1n) is 5.24. The molecule has 0 aliphatic rings. The van der Waals surface area contributed by atoms with Gasteiger partial charge in [0.15, 0.2) is 5.13 Å². The maximum atomic E-state index is 9.24. The third-order valence-electron chi connectivity index (χ3n) is 2.43. The fourth-order valence-electron chi connectivity index (χ4n) is 1.57. The van der Waals surface area contributed by atoms with Crippen molar-refractivity contribution in [3.8, 4) is 5.75 Å². The van der Waals surface area contributed by atoms with Crippen LogP contribution in [0.15, 0.2) is 35.8 Å². The Kier molecular flexibility index (Phi) is 3.41. The Hall–Kier alpha value is -1.55. The normalized spacial score (nSPS) is 12.3. The predicted octanol–water partition coefficient (Wildman–Crippen LogP) is 3.41. The molecule has 0 saturated carbocycles. The Labute approximate surface area is 98.8 Å². The highest BCUT2D eigenvalue weighted by atomic mass is 32.1. The van der Waals surface area contributed by atoms with E-state index in [0.29, 0.717) is 5.75 Å². The molecule has 0 fully saturated rings. The molecule has 3 nitrogen and oxygen atoms in total. The van der Waals surface area contributed by atoms with Gasteiger partial charge in [-0.15, -0.1) is 11.3 Å². The quantitative estimate of drug-likeness (QED) is 0.852. The first kappa shape index (κ1) is 11.0. The summed E-state index contributed by atoms with van der Waals surface area (Å²) in [7, 11) is 0. The lowest BCUT2D eigenvalue weighted by molar-refractivity contribution is 0.475. The van der Waals surface area contributed by atoms with Gasteiger partial charge in [-0.2, -0.15) is 0 Å². The molecule has 2 aromatic rings. The minimum Gasteiger partial charge on any atom is -0.508 e. The molecule has 0 amide bonds. The van der Waals surface area contributed by atoms with Crippen LogP contribution in [0, 0.1) is 0 Å². The van der Waals surface area contributed by atoms with Crippen molar-refractivity contribution in [1.82, 2.24) is 4.98 Å². The number of hydrogen-bond donors (Lipinski definition) is 2. The molecule has 1 heterocycles. The van der Waals surface area contributed by atoms with Crippen LogP contribution >= 0.6 is 11.3 Å². The van der Waals surface area contributed by atoms with Gasteiger partial charge in [0, 0.05) is 11.6 Å². The first-order valence-corrected chi connectivity index (χ1v) is 6.12. The van der Waals surface area contributed by atoms with E-state index in [9.17, 15) is 5.11 Å². The van der Waals surface area contributed by atoms with Crippen LogP contribution in [0.25, 0.3) is 0 Å². The number of nitrogens with zero attached hydrogens (tertiary/aromatic N) is 1. The Bertz CT molecular complexity index is 425. The summed E-state index contributed by atoms with van der Waals surface area (Å²) in [5, 5.41) is 15.5. The van der Waals surface area contributed by atoms with Gasteiger partial charge >= 0.3 is 0 Å². The summed E-state index contributed by atoms with van der Waals surface area (Å²) >= 11 is 1.59. The second-order valence-corrected chi connectivity index (χ2v) is 4.43. The monoisotopic (exact) mass is 234 g/mol. The number of aromatic nitrogens is 1. The molecule has 84 valence electrons. The van der Waals surface area contributed by atoms with Crippen molar-refractivity contribution in [1.29, 1.82) is 0 Å². The van der Waals surface area contributed by atoms with Crippen LogP contribution in [-0.4, -0.2) is 10.1 Å². The molecule has 1 aromatic carbocycles. The van der Waals surface area contributed by atoms with Crippen molar-refractivity contribution in [3.63, 3.8) is 0 Å². The van der Waals surface area contributed by atoms with Gasteiger partial charge in [0.25, 0.3) is 0 Å². The molecule has 0 spiro atoms. The second-order valence-electron chi connectivity index (χ2n) is 3.53. The van der Waals surface area contributed by atoms with E-state index in [-0.39, 0.29) is 6.04 Å². The molecule has 1 aromatic heterocycles. The third kappa shape index (κ3) is 2.52. The highest BCUT2D eigenvalue weighted by Gasteiger charge is 2.09. The van der Waals surface area contributed by atoms with E-state index in [1.807, 2.05) is 17.5 Å². The van der Waals surface area contributed by atoms with Crippen LogP contribution in [-0.2, 0) is 0 Å². The number of phenols is 1. The predicted molar refractivity (Wildman–Crippen MR) is 66.9 cm³/mol. The molecule has 16 heavy (non-hydrogen) atoms. The van der Waals surface area contributed by atoms with E-state index in [0.717, 1.165) is 17.1 Å². The molecule has 0 saturated heterocycles. The Morgan fingerprint density at radius 1 is 1.38 bits per heavy atom. The molecule has 0 aliphatic heterocycles. The van der Waals surface area contributed by atoms with E-state index in [4.69, 9.17) is 0 Å². The fourth-order valence-corrected chi connectivity index (χ4v) is 2.15. The zero-order chi connectivity index (χ0) is 11.4. The van der Waals surface area contributed by atoms with Gasteiger partial charge in [-0.3, -0.25) is 0 Å². The summed E-state index contributed by atoms with van der Waals surface area (Å²) in [6, 6.07) is 7.53. The smallest absolute Gasteiger partial charge is 0.183 e. The zero-order valence-electron chi connectivity index (χ0n) is 9.05. The lowest BCUT2D eigenvalue weighted by Gasteiger charge is -2.16. The summed E-state index contributed by atoms with van der Waals surface area (Å²) in [5.41, 5.74) is 1.16. The summed E-state index contributed by atoms with van der Waals surface area (Å²) in [6.45, 7) is 2.12. The van der Waals surface area contributed by atoms with Crippen molar-refractivity contribution >= 4 is 16.5 Å². The second kappa shape index (κ2) is 4.99. The minimum absolute atomic E-state index is 0.242. The molecular weight excluding hydrogens is 220 g/mol. The summed E-state index contributed by atoms with van der Waals surface area (Å²) in [4.78, 5) is 4.21. The summed E-state index contributed by atoms with van der Waals surface area (Å²) < 4.78 is 0. The fraction of sp³-hybridized carbons (Fsp3) is 0.250. The van der Waals surface area contributed by atoms with Crippen LogP contribution in [0.4, 0.5) is 5.13 Å². The number of thiazole rings is 1. The van der Waals surface area contributed by atoms with Crippen LogP contribution < -0.4 is 5.32 Å². The Balaban J connectivity index is 2.13. The molecule has 1 unspecified atom stereocenters. The van der Waals surface area contributed by atoms with Gasteiger partial charge in [0.1, 0.15) is 5.75 Å². The molecule has 4 heteroatoms. The van der Waals surface area contributed by atoms with Crippen LogP contribution in [0.3, 0.4) is 0 Å². The van der Waals surface area contributed by atoms with Crippen LogP contribution in [0.5, 0.6) is 5.75 Å². The van der Waals surface area contributed by atoms with Gasteiger partial charge < -0.3 is 10.4 Å². The third-order valence-corrected chi connectivity index (χ3v) is 3.14. The molecule has 2 N–H and O–H groups in total. The molecule has 0 radical (unpaired) electrons. The minimum atomic E-state index is 0.242. The average Bonchev–Trinajstić information content (AvgIpc) is 2.80. The standard InChI is InChI=1S/C12H14N2OS/c1-2-11(14-12-13-7-8-16-12)9-3-5-10(15)6-4-9/h3-8,11,15H,2H2,1H3,(H,13,14). The maximum absolute atomic E-state index is 9.24. The lowest BCUT2D eigenvalue weighted by Crippen LogP contribution is -2.09. The topological polar surface area (TPSA) is 45.2 Å². The molecule has 0 bridgehead atoms. The van der Waals surface area contributed by atoms with Crippen LogP contribution in [0.1, 0.15) is 24.9 Å². The Morgan fingerprint density at radius 3 is 2.69 bits per heavy atom. The van der Waals surface area contributed by atoms with Gasteiger partial charge in [-0.1, -0.05) is 19.1 Å². The molecule has 0 aliphatic carbocycles. The lowest BCUT2D eigenvalue weighted by atomic mass is 10.0. The maximum Gasteiger partial charge on any atom is 0.183 e. The summed E-state index contributed by atoms with van der Waals surface area (Å²) in [5.74, 6) is 0.299. The number of anilines is 1. The van der Waals surface area contributed by atoms with E-state index in [1.54, 1.807) is 29.7 Å². The van der Waals surface area contributed by atoms with Gasteiger partial charge in [-0.05, 0) is 24.1 Å². The number of benzene rings is 1. The van der Waals surface area contributed by atoms with Crippen LogP contribution in [0.2, 0.25) is 0 Å². The number of hydrogen-bond acceptors (Lipinski definition) is 4. The van der Waals surface area contributed by atoms with Crippen molar-refractivity contribution < 1.29 is 5.11 Å². The Morgan fingerprint density at radius 2 is 2.12 bits per heavy atom. The van der Waals surface area contributed by atoms with Crippen molar-refractivity contribution in [2.24, 2.45) is 0 Å². The zero-order valence-corrected chi connectivity index (χ0v) is 9.87. The van der Waals surface area contributed by atoms with E-state index >= 15 is 0 Å². The number of phenolic OH excluding ortho intramolecular Hbond substituents is 1. The largest absolute Gasteiger partial charge is 0.508 e. The SMILES string of the molecule is CCC(Nc1nccs1)c1ccc(O)cc1. The van der Waals surface area contributed by atoms with Gasteiger partial charge in [0.05, 0.1) is 6.04 Å². The highest BCUT2D eigenvalue weighted by molar-refractivity contribution is 7.13. The first-order chi connectivity index (χ1) is 7.79. The van der Waals surface area contributed by atoms with E-state index in [1.165, 1.54) is 0 Å². The van der Waals surface area contributed by atoms with E-state index < -0.39 is 0 Å². The molecular formula is C12H14N2OS. The van der Waals surface area contributed by atoms with Gasteiger partial charge in [0.2, 0.25) is 0 Å². The average molecular weight is 234 g/mol. The number of nitrogens with one attached hydrogen (secondary N) is 1. The molecule has 1 atom stereocenters.